The second kappa shape index (κ2) is 9.11. The van der Waals surface area contributed by atoms with Crippen molar-refractivity contribution < 1.29 is 20.0 Å². The molecular formula is C15H9AuClN9. The van der Waals surface area contributed by atoms with E-state index in [1.54, 1.807) is 75.4 Å². The van der Waals surface area contributed by atoms with Gasteiger partial charge >= 0.3 is 29.2 Å². The van der Waals surface area contributed by atoms with Crippen LogP contribution in [0.3, 0.4) is 0 Å². The van der Waals surface area contributed by atoms with Gasteiger partial charge in [-0.25, -0.2) is 44.9 Å². The van der Waals surface area contributed by atoms with Gasteiger partial charge in [-0.05, 0) is 18.2 Å². The predicted molar refractivity (Wildman–Crippen MR) is 88.8 cm³/mol. The summed E-state index contributed by atoms with van der Waals surface area (Å²) >= 11 is 1.75. The second-order valence-corrected chi connectivity index (χ2v) is 4.52. The van der Waals surface area contributed by atoms with Gasteiger partial charge in [-0.3, -0.25) is 0 Å². The van der Waals surface area contributed by atoms with Crippen LogP contribution in [0.15, 0.2) is 55.4 Å². The Labute approximate surface area is 164 Å². The van der Waals surface area contributed by atoms with Crippen LogP contribution >= 0.6 is 9.19 Å². The van der Waals surface area contributed by atoms with Crippen molar-refractivity contribution in [1.29, 1.82) is 0 Å². The van der Waals surface area contributed by atoms with Crippen molar-refractivity contribution in [2.45, 2.75) is 0 Å². The molecule has 0 aliphatic carbocycles. The number of hydrogen-bond acceptors (Lipinski definition) is 9. The average Bonchev–Trinajstić information content (AvgIpc) is 2.77. The molecule has 0 atom stereocenters. The number of hydrogen-bond donors (Lipinski definition) is 0. The number of rotatable bonds is 3. The van der Waals surface area contributed by atoms with E-state index >= 15 is 0 Å². The Morgan fingerprint density at radius 3 is 0.885 bits per heavy atom. The molecule has 0 aliphatic heterocycles. The summed E-state index contributed by atoms with van der Waals surface area (Å²) in [7, 11) is 4.58. The summed E-state index contributed by atoms with van der Waals surface area (Å²) in [6.07, 6.45) is 9.69. The van der Waals surface area contributed by atoms with Crippen LogP contribution < -0.4 is 0 Å². The third-order valence-corrected chi connectivity index (χ3v) is 2.93. The molecule has 0 bridgehead atoms. The van der Waals surface area contributed by atoms with Crippen molar-refractivity contribution in [1.82, 2.24) is 44.9 Å². The first-order valence-corrected chi connectivity index (χ1v) is 9.78. The van der Waals surface area contributed by atoms with E-state index in [9.17, 15) is 0 Å². The molecule has 132 valence electrons. The second-order valence-electron chi connectivity index (χ2n) is 4.52. The maximum Gasteiger partial charge on any atom is 0.202 e. The topological polar surface area (TPSA) is 116 Å². The number of halogens is 1. The Hall–Kier alpha value is -2.72. The summed E-state index contributed by atoms with van der Waals surface area (Å²) in [5.41, 5.74) is 0. The zero-order valence-electron chi connectivity index (χ0n) is 12.9. The van der Waals surface area contributed by atoms with Gasteiger partial charge in [0.1, 0.15) is 0 Å². The first-order valence-electron chi connectivity index (χ1n) is 7.10. The Balaban J connectivity index is 0.000000948. The summed E-state index contributed by atoms with van der Waals surface area (Å²) < 4.78 is 0. The van der Waals surface area contributed by atoms with Crippen molar-refractivity contribution >= 4 is 9.19 Å². The quantitative estimate of drug-likeness (QED) is 0.355. The molecular weight excluding hydrogens is 539 g/mol. The summed E-state index contributed by atoms with van der Waals surface area (Å²) in [4.78, 5) is 38.2. The molecule has 4 heterocycles. The fraction of sp³-hybridized carbons (Fsp3) is 0. The summed E-state index contributed by atoms with van der Waals surface area (Å²) in [6.45, 7) is 0. The molecule has 0 aromatic carbocycles. The van der Waals surface area contributed by atoms with Gasteiger partial charge in [0.25, 0.3) is 0 Å². The minimum Gasteiger partial charge on any atom is -0.234 e. The van der Waals surface area contributed by atoms with Crippen molar-refractivity contribution in [2.24, 2.45) is 0 Å². The SMILES string of the molecule is [Cl][Au].c1cnc(-c2nc(-c3ncccn3)nc(-c3ncccn3)n2)nc1. The van der Waals surface area contributed by atoms with E-state index in [1.807, 2.05) is 0 Å². The Kier molecular flexibility index (Phi) is 6.34. The molecule has 4 aromatic rings. The Morgan fingerprint density at radius 1 is 0.423 bits per heavy atom. The standard InChI is InChI=1S/C15H9N9.Au.ClH/c1-4-16-10(17-5-1)13-22-14(11-18-6-2-7-19-11)24-15(23-13)12-20-8-3-9-21-12;;/h1-9H;;1H/q;+1;/p-1. The fourth-order valence-electron chi connectivity index (χ4n) is 1.92. The van der Waals surface area contributed by atoms with E-state index in [0.29, 0.717) is 34.9 Å². The normalized spacial score (nSPS) is 9.96. The molecule has 0 N–H and O–H groups in total. The zero-order chi connectivity index (χ0) is 18.2. The Bertz CT molecular complexity index is 819. The summed E-state index contributed by atoms with van der Waals surface area (Å²) in [5.74, 6) is 2.01. The minimum absolute atomic E-state index is 0.301. The van der Waals surface area contributed by atoms with Gasteiger partial charge in [0.05, 0.1) is 0 Å². The molecule has 11 heteroatoms. The molecule has 26 heavy (non-hydrogen) atoms. The fourth-order valence-corrected chi connectivity index (χ4v) is 1.92. The zero-order valence-corrected chi connectivity index (χ0v) is 15.8. The van der Waals surface area contributed by atoms with Crippen LogP contribution in [0.2, 0.25) is 0 Å². The molecule has 4 aromatic heterocycles. The van der Waals surface area contributed by atoms with Gasteiger partial charge in [0.2, 0.25) is 17.5 Å². The molecule has 0 radical (unpaired) electrons. The molecule has 9 nitrogen and oxygen atoms in total. The summed E-state index contributed by atoms with van der Waals surface area (Å²) in [6, 6.07) is 5.15. The third kappa shape index (κ3) is 4.27. The van der Waals surface area contributed by atoms with E-state index in [0.717, 1.165) is 0 Å². The largest absolute Gasteiger partial charge is 0.234 e. The van der Waals surface area contributed by atoms with Crippen molar-refractivity contribution in [3.8, 4) is 34.9 Å². The van der Waals surface area contributed by atoms with E-state index in [2.05, 4.69) is 54.0 Å². The maximum atomic E-state index is 4.58. The number of aromatic nitrogens is 9. The van der Waals surface area contributed by atoms with Crippen LogP contribution in [0, 0.1) is 0 Å². The average molecular weight is 548 g/mol. The van der Waals surface area contributed by atoms with E-state index in [4.69, 9.17) is 0 Å². The van der Waals surface area contributed by atoms with E-state index in [1.165, 1.54) is 0 Å². The van der Waals surface area contributed by atoms with Crippen LogP contribution in [0.1, 0.15) is 0 Å². The van der Waals surface area contributed by atoms with E-state index in [-0.39, 0.29) is 0 Å². The first-order chi connectivity index (χ1) is 12.9. The molecule has 0 amide bonds. The third-order valence-electron chi connectivity index (χ3n) is 2.93. The molecule has 4 rings (SSSR count). The molecule has 0 aliphatic rings. The molecule has 0 fully saturated rings. The van der Waals surface area contributed by atoms with Crippen LogP contribution in [0.4, 0.5) is 0 Å². The smallest absolute Gasteiger partial charge is 0.202 e. The van der Waals surface area contributed by atoms with Crippen molar-refractivity contribution in [2.75, 3.05) is 0 Å². The predicted octanol–water partition coefficient (Wildman–Crippen LogP) is 1.93. The Morgan fingerprint density at radius 2 is 0.654 bits per heavy atom. The van der Waals surface area contributed by atoms with Gasteiger partial charge in [0.15, 0.2) is 17.5 Å². The number of nitrogens with zero attached hydrogens (tertiary/aromatic N) is 9. The van der Waals surface area contributed by atoms with Gasteiger partial charge in [-0.1, -0.05) is 0 Å². The monoisotopic (exact) mass is 547 g/mol. The van der Waals surface area contributed by atoms with Crippen LogP contribution in [0.25, 0.3) is 34.9 Å². The molecule has 0 saturated carbocycles. The van der Waals surface area contributed by atoms with Gasteiger partial charge in [-0.15, -0.1) is 0 Å². The minimum atomic E-state index is 0.301. The molecule has 0 unspecified atom stereocenters. The van der Waals surface area contributed by atoms with Crippen LogP contribution in [-0.4, -0.2) is 44.9 Å². The van der Waals surface area contributed by atoms with Gasteiger partial charge in [0, 0.05) is 37.2 Å². The van der Waals surface area contributed by atoms with Crippen LogP contribution in [-0.2, 0) is 20.0 Å². The van der Waals surface area contributed by atoms with Gasteiger partial charge in [-0.2, -0.15) is 0 Å². The molecule has 0 saturated heterocycles. The first kappa shape index (κ1) is 18.1. The van der Waals surface area contributed by atoms with Crippen molar-refractivity contribution in [3.63, 3.8) is 0 Å². The molecule has 0 spiro atoms. The maximum absolute atomic E-state index is 4.58. The summed E-state index contributed by atoms with van der Waals surface area (Å²) in [5, 5.41) is 0. The van der Waals surface area contributed by atoms with Crippen molar-refractivity contribution in [3.05, 3.63) is 55.4 Å². The van der Waals surface area contributed by atoms with Gasteiger partial charge < -0.3 is 0 Å². The van der Waals surface area contributed by atoms with Crippen LogP contribution in [0.5, 0.6) is 0 Å². The van der Waals surface area contributed by atoms with E-state index < -0.39 is 0 Å².